The molecule has 0 radical (unpaired) electrons. The summed E-state index contributed by atoms with van der Waals surface area (Å²) in [5, 5.41) is 2.67. The van der Waals surface area contributed by atoms with E-state index in [1.807, 2.05) is 19.1 Å². The fourth-order valence-corrected chi connectivity index (χ4v) is 1.87. The number of amides is 1. The second kappa shape index (κ2) is 9.08. The summed E-state index contributed by atoms with van der Waals surface area (Å²) in [6.07, 6.45) is 1.64. The topological polar surface area (TPSA) is 77.5 Å². The van der Waals surface area contributed by atoms with Crippen LogP contribution in [-0.4, -0.2) is 37.1 Å². The summed E-state index contributed by atoms with van der Waals surface area (Å²) < 4.78 is 10.0. The molecule has 1 N–H and O–H groups in total. The van der Waals surface area contributed by atoms with Crippen molar-refractivity contribution in [1.82, 2.24) is 10.3 Å². The van der Waals surface area contributed by atoms with E-state index in [0.29, 0.717) is 16.9 Å². The molecule has 0 unspecified atom stereocenters. The summed E-state index contributed by atoms with van der Waals surface area (Å²) in [7, 11) is 1.31. The van der Waals surface area contributed by atoms with Crippen LogP contribution in [0.5, 0.6) is 5.75 Å². The van der Waals surface area contributed by atoms with E-state index in [-0.39, 0.29) is 19.1 Å². The first-order valence-corrected chi connectivity index (χ1v) is 7.58. The fourth-order valence-electron chi connectivity index (χ4n) is 1.87. The number of esters is 1. The van der Waals surface area contributed by atoms with Crippen molar-refractivity contribution in [2.24, 2.45) is 0 Å². The van der Waals surface area contributed by atoms with Crippen molar-refractivity contribution >= 4 is 11.9 Å². The molecule has 0 fully saturated rings. The predicted octanol–water partition coefficient (Wildman–Crippen LogP) is 1.99. The van der Waals surface area contributed by atoms with Gasteiger partial charge in [0, 0.05) is 11.3 Å². The van der Waals surface area contributed by atoms with Gasteiger partial charge in [-0.25, -0.2) is 4.79 Å². The lowest BCUT2D eigenvalue weighted by Crippen LogP contribution is -2.23. The molecule has 2 aromatic rings. The minimum absolute atomic E-state index is 0.201. The Balaban J connectivity index is 1.75. The van der Waals surface area contributed by atoms with Crippen LogP contribution in [0.15, 0.2) is 42.6 Å². The lowest BCUT2D eigenvalue weighted by molar-refractivity contribution is 0.0600. The van der Waals surface area contributed by atoms with E-state index in [1.54, 1.807) is 18.3 Å². The molecule has 0 atom stereocenters. The van der Waals surface area contributed by atoms with Crippen LogP contribution in [-0.2, 0) is 4.74 Å². The maximum atomic E-state index is 11.9. The third-order valence-corrected chi connectivity index (χ3v) is 3.23. The summed E-state index contributed by atoms with van der Waals surface area (Å²) >= 11 is 0. The van der Waals surface area contributed by atoms with Crippen molar-refractivity contribution < 1.29 is 19.1 Å². The second-order valence-corrected chi connectivity index (χ2v) is 5.03. The highest BCUT2D eigenvalue weighted by Gasteiger charge is 2.07. The van der Waals surface area contributed by atoms with Crippen molar-refractivity contribution in [3.8, 4) is 17.6 Å². The van der Waals surface area contributed by atoms with Crippen LogP contribution < -0.4 is 10.1 Å². The van der Waals surface area contributed by atoms with Gasteiger partial charge < -0.3 is 14.8 Å². The number of methoxy groups -OCH3 is 1. The number of aromatic nitrogens is 1. The van der Waals surface area contributed by atoms with Crippen molar-refractivity contribution in [3.05, 3.63) is 59.4 Å². The Bertz CT molecular complexity index is 787. The van der Waals surface area contributed by atoms with Gasteiger partial charge in [-0.3, -0.25) is 9.78 Å². The molecule has 0 aliphatic carbocycles. The molecule has 0 spiro atoms. The second-order valence-electron chi connectivity index (χ2n) is 5.03. The van der Waals surface area contributed by atoms with Crippen LogP contribution in [0.25, 0.3) is 0 Å². The first kappa shape index (κ1) is 18.0. The Labute approximate surface area is 146 Å². The molecule has 0 saturated heterocycles. The first-order chi connectivity index (χ1) is 12.1. The standard InChI is InChI=1S/C19H18N2O4/c1-14-5-10-17(13-21-14)25-12-4-3-11-20-18(22)15-6-8-16(9-7-15)19(23)24-2/h5-10,13H,11-12H2,1-2H3,(H,20,22). The quantitative estimate of drug-likeness (QED) is 0.666. The number of hydrogen-bond acceptors (Lipinski definition) is 5. The Morgan fingerprint density at radius 1 is 1.08 bits per heavy atom. The average Bonchev–Trinajstić information content (AvgIpc) is 2.65. The molecular formula is C19H18N2O4. The Hall–Kier alpha value is -3.33. The maximum absolute atomic E-state index is 11.9. The average molecular weight is 338 g/mol. The van der Waals surface area contributed by atoms with Crippen LogP contribution in [0.1, 0.15) is 26.4 Å². The molecule has 1 aromatic carbocycles. The van der Waals surface area contributed by atoms with Crippen LogP contribution in [0.3, 0.4) is 0 Å². The number of ether oxygens (including phenoxy) is 2. The zero-order chi connectivity index (χ0) is 18.1. The van der Waals surface area contributed by atoms with Crippen molar-refractivity contribution in [1.29, 1.82) is 0 Å². The van der Waals surface area contributed by atoms with Crippen LogP contribution >= 0.6 is 0 Å². The lowest BCUT2D eigenvalue weighted by Gasteiger charge is -2.03. The minimum atomic E-state index is -0.443. The molecule has 6 nitrogen and oxygen atoms in total. The normalized spacial score (nSPS) is 9.52. The van der Waals surface area contributed by atoms with Gasteiger partial charge in [-0.2, -0.15) is 0 Å². The molecule has 1 amide bonds. The number of benzene rings is 1. The number of nitrogens with one attached hydrogen (secondary N) is 1. The number of aryl methyl sites for hydroxylation is 1. The van der Waals surface area contributed by atoms with E-state index in [2.05, 4.69) is 26.9 Å². The maximum Gasteiger partial charge on any atom is 0.337 e. The van der Waals surface area contributed by atoms with E-state index >= 15 is 0 Å². The van der Waals surface area contributed by atoms with E-state index < -0.39 is 5.97 Å². The van der Waals surface area contributed by atoms with Crippen molar-refractivity contribution in [2.75, 3.05) is 20.3 Å². The summed E-state index contributed by atoms with van der Waals surface area (Å²) in [5.74, 6) is 5.55. The smallest absolute Gasteiger partial charge is 0.337 e. The van der Waals surface area contributed by atoms with Gasteiger partial charge >= 0.3 is 5.97 Å². The number of carbonyl (C=O) groups excluding carboxylic acids is 2. The number of hydrogen-bond donors (Lipinski definition) is 1. The molecule has 6 heteroatoms. The summed E-state index contributed by atoms with van der Waals surface area (Å²) in [5.41, 5.74) is 1.75. The first-order valence-electron chi connectivity index (χ1n) is 7.58. The molecule has 0 aliphatic heterocycles. The summed E-state index contributed by atoms with van der Waals surface area (Å²) in [4.78, 5) is 27.4. The van der Waals surface area contributed by atoms with Gasteiger partial charge in [0.25, 0.3) is 5.91 Å². The van der Waals surface area contributed by atoms with Gasteiger partial charge in [-0.1, -0.05) is 11.8 Å². The number of nitrogens with zero attached hydrogens (tertiary/aromatic N) is 1. The SMILES string of the molecule is COC(=O)c1ccc(C(=O)NCC#CCOc2ccc(C)nc2)cc1. The molecule has 0 aliphatic rings. The van der Waals surface area contributed by atoms with Gasteiger partial charge in [0.2, 0.25) is 0 Å². The molecule has 2 rings (SSSR count). The van der Waals surface area contributed by atoms with Crippen LogP contribution in [0.4, 0.5) is 0 Å². The zero-order valence-corrected chi connectivity index (χ0v) is 14.0. The number of pyridine rings is 1. The third-order valence-electron chi connectivity index (χ3n) is 3.23. The minimum Gasteiger partial charge on any atom is -0.479 e. The predicted molar refractivity (Wildman–Crippen MR) is 92.4 cm³/mol. The summed E-state index contributed by atoms with van der Waals surface area (Å²) in [6.45, 7) is 2.32. The molecule has 128 valence electrons. The summed E-state index contributed by atoms with van der Waals surface area (Å²) in [6, 6.07) is 9.87. The van der Waals surface area contributed by atoms with Gasteiger partial charge in [0.1, 0.15) is 12.4 Å². The lowest BCUT2D eigenvalue weighted by atomic mass is 10.1. The molecular weight excluding hydrogens is 320 g/mol. The van der Waals surface area contributed by atoms with E-state index in [9.17, 15) is 9.59 Å². The van der Waals surface area contributed by atoms with Gasteiger partial charge in [0.05, 0.1) is 25.4 Å². The molecule has 1 aromatic heterocycles. The van der Waals surface area contributed by atoms with E-state index in [1.165, 1.54) is 19.2 Å². The van der Waals surface area contributed by atoms with Crippen molar-refractivity contribution in [2.45, 2.75) is 6.92 Å². The highest BCUT2D eigenvalue weighted by atomic mass is 16.5. The largest absolute Gasteiger partial charge is 0.479 e. The Morgan fingerprint density at radius 2 is 1.80 bits per heavy atom. The van der Waals surface area contributed by atoms with Gasteiger partial charge in [-0.05, 0) is 43.3 Å². The number of rotatable bonds is 5. The third kappa shape index (κ3) is 5.66. The monoisotopic (exact) mass is 338 g/mol. The van der Waals surface area contributed by atoms with E-state index in [0.717, 1.165) is 5.69 Å². The molecule has 1 heterocycles. The highest BCUT2D eigenvalue weighted by Crippen LogP contribution is 2.07. The van der Waals surface area contributed by atoms with Crippen LogP contribution in [0.2, 0.25) is 0 Å². The molecule has 25 heavy (non-hydrogen) atoms. The van der Waals surface area contributed by atoms with Gasteiger partial charge in [0.15, 0.2) is 0 Å². The Kier molecular flexibility index (Phi) is 6.55. The van der Waals surface area contributed by atoms with Crippen molar-refractivity contribution in [3.63, 3.8) is 0 Å². The Morgan fingerprint density at radius 3 is 2.44 bits per heavy atom. The van der Waals surface area contributed by atoms with Gasteiger partial charge in [-0.15, -0.1) is 0 Å². The molecule has 0 saturated carbocycles. The van der Waals surface area contributed by atoms with Crippen LogP contribution in [0, 0.1) is 18.8 Å². The highest BCUT2D eigenvalue weighted by molar-refractivity contribution is 5.96. The zero-order valence-electron chi connectivity index (χ0n) is 14.0. The van der Waals surface area contributed by atoms with E-state index in [4.69, 9.17) is 4.74 Å². The fraction of sp³-hybridized carbons (Fsp3) is 0.211. The molecule has 0 bridgehead atoms. The number of carbonyl (C=O) groups is 2.